The average molecular weight is 253 g/mol. The molecule has 5 heteroatoms. The minimum atomic E-state index is -0.677. The van der Waals surface area contributed by atoms with Crippen LogP contribution >= 0.6 is 0 Å². The van der Waals surface area contributed by atoms with E-state index >= 15 is 0 Å². The van der Waals surface area contributed by atoms with Crippen LogP contribution in [0.2, 0.25) is 0 Å². The molecule has 102 valence electrons. The smallest absolute Gasteiger partial charge is 0.240 e. The van der Waals surface area contributed by atoms with E-state index in [0.717, 1.165) is 38.6 Å². The SMILES string of the molecule is CC(CN1CCCC1=O)NC(=O)C1(N)CCCC1. The van der Waals surface area contributed by atoms with Crippen molar-refractivity contribution in [2.45, 2.75) is 57.0 Å². The molecule has 2 fully saturated rings. The van der Waals surface area contributed by atoms with Crippen molar-refractivity contribution in [2.75, 3.05) is 13.1 Å². The van der Waals surface area contributed by atoms with Crippen LogP contribution in [0.3, 0.4) is 0 Å². The number of nitrogens with two attached hydrogens (primary N) is 1. The van der Waals surface area contributed by atoms with Crippen LogP contribution in [0.5, 0.6) is 0 Å². The number of amides is 2. The van der Waals surface area contributed by atoms with E-state index in [-0.39, 0.29) is 17.9 Å². The molecule has 1 unspecified atom stereocenters. The van der Waals surface area contributed by atoms with Gasteiger partial charge in [-0.05, 0) is 26.2 Å². The van der Waals surface area contributed by atoms with E-state index in [1.807, 2.05) is 11.8 Å². The van der Waals surface area contributed by atoms with Gasteiger partial charge in [-0.25, -0.2) is 0 Å². The van der Waals surface area contributed by atoms with Crippen molar-refractivity contribution in [3.05, 3.63) is 0 Å². The molecule has 0 radical (unpaired) electrons. The van der Waals surface area contributed by atoms with Gasteiger partial charge in [-0.3, -0.25) is 9.59 Å². The molecule has 1 saturated heterocycles. The zero-order valence-electron chi connectivity index (χ0n) is 11.1. The summed E-state index contributed by atoms with van der Waals surface area (Å²) in [5, 5.41) is 2.95. The van der Waals surface area contributed by atoms with Gasteiger partial charge in [0.15, 0.2) is 0 Å². The molecule has 0 aromatic carbocycles. The van der Waals surface area contributed by atoms with E-state index in [9.17, 15) is 9.59 Å². The summed E-state index contributed by atoms with van der Waals surface area (Å²) in [6.45, 7) is 3.34. The Kier molecular flexibility index (Phi) is 3.90. The summed E-state index contributed by atoms with van der Waals surface area (Å²) in [7, 11) is 0. The van der Waals surface area contributed by atoms with Crippen molar-refractivity contribution >= 4 is 11.8 Å². The second-order valence-corrected chi connectivity index (χ2v) is 5.68. The van der Waals surface area contributed by atoms with Crippen LogP contribution in [0.1, 0.15) is 45.4 Å². The second kappa shape index (κ2) is 5.26. The van der Waals surface area contributed by atoms with Crippen molar-refractivity contribution < 1.29 is 9.59 Å². The van der Waals surface area contributed by atoms with Gasteiger partial charge in [-0.15, -0.1) is 0 Å². The maximum absolute atomic E-state index is 12.1. The van der Waals surface area contributed by atoms with E-state index in [1.165, 1.54) is 0 Å². The fraction of sp³-hybridized carbons (Fsp3) is 0.846. The lowest BCUT2D eigenvalue weighted by Gasteiger charge is -2.27. The van der Waals surface area contributed by atoms with Crippen molar-refractivity contribution in [2.24, 2.45) is 5.73 Å². The molecule has 1 atom stereocenters. The van der Waals surface area contributed by atoms with Gasteiger partial charge >= 0.3 is 0 Å². The molecule has 18 heavy (non-hydrogen) atoms. The summed E-state index contributed by atoms with van der Waals surface area (Å²) in [6, 6.07) is -0.0272. The molecular formula is C13H23N3O2. The standard InChI is InChI=1S/C13H23N3O2/c1-10(9-16-8-4-5-11(16)17)15-12(18)13(14)6-2-3-7-13/h10H,2-9,14H2,1H3,(H,15,18). The minimum absolute atomic E-state index is 0.0272. The fourth-order valence-electron chi connectivity index (χ4n) is 2.87. The molecule has 2 rings (SSSR count). The molecule has 0 aromatic rings. The van der Waals surface area contributed by atoms with Crippen LogP contribution in [0, 0.1) is 0 Å². The van der Waals surface area contributed by atoms with Crippen molar-refractivity contribution in [3.8, 4) is 0 Å². The Hall–Kier alpha value is -1.10. The Morgan fingerprint density at radius 2 is 2.11 bits per heavy atom. The van der Waals surface area contributed by atoms with Gasteiger partial charge in [-0.1, -0.05) is 12.8 Å². The Labute approximate surface area is 108 Å². The first-order valence-corrected chi connectivity index (χ1v) is 6.89. The minimum Gasteiger partial charge on any atom is -0.350 e. The molecule has 2 aliphatic rings. The second-order valence-electron chi connectivity index (χ2n) is 5.68. The van der Waals surface area contributed by atoms with Crippen molar-refractivity contribution in [3.63, 3.8) is 0 Å². The highest BCUT2D eigenvalue weighted by Gasteiger charge is 2.37. The number of nitrogens with zero attached hydrogens (tertiary/aromatic N) is 1. The number of carbonyl (C=O) groups is 2. The van der Waals surface area contributed by atoms with E-state index < -0.39 is 5.54 Å². The molecule has 5 nitrogen and oxygen atoms in total. The van der Waals surface area contributed by atoms with Crippen molar-refractivity contribution in [1.82, 2.24) is 10.2 Å². The van der Waals surface area contributed by atoms with Crippen LogP contribution < -0.4 is 11.1 Å². The quantitative estimate of drug-likeness (QED) is 0.761. The third-order valence-electron chi connectivity index (χ3n) is 3.99. The molecule has 1 aliphatic heterocycles. The maximum atomic E-state index is 12.1. The lowest BCUT2D eigenvalue weighted by molar-refractivity contribution is -0.130. The number of hydrogen-bond donors (Lipinski definition) is 2. The zero-order valence-corrected chi connectivity index (χ0v) is 11.1. The molecule has 1 saturated carbocycles. The largest absolute Gasteiger partial charge is 0.350 e. The van der Waals surface area contributed by atoms with Crippen LogP contribution in [0.15, 0.2) is 0 Å². The molecule has 0 aromatic heterocycles. The lowest BCUT2D eigenvalue weighted by Crippen LogP contribution is -2.55. The molecule has 0 spiro atoms. The number of nitrogens with one attached hydrogen (secondary N) is 1. The highest BCUT2D eigenvalue weighted by atomic mass is 16.2. The van der Waals surface area contributed by atoms with Crippen LogP contribution in [0.4, 0.5) is 0 Å². The Morgan fingerprint density at radius 1 is 1.44 bits per heavy atom. The average Bonchev–Trinajstić information content (AvgIpc) is 2.90. The van der Waals surface area contributed by atoms with Crippen LogP contribution in [-0.4, -0.2) is 41.4 Å². The Bertz CT molecular complexity index is 337. The van der Waals surface area contributed by atoms with Gasteiger partial charge in [0.25, 0.3) is 0 Å². The molecule has 1 heterocycles. The number of carbonyl (C=O) groups excluding carboxylic acids is 2. The van der Waals surface area contributed by atoms with Crippen LogP contribution in [0.25, 0.3) is 0 Å². The molecular weight excluding hydrogens is 230 g/mol. The summed E-state index contributed by atoms with van der Waals surface area (Å²) in [5.74, 6) is 0.138. The fourth-order valence-corrected chi connectivity index (χ4v) is 2.87. The van der Waals surface area contributed by atoms with Gasteiger partial charge in [0, 0.05) is 25.6 Å². The number of hydrogen-bond acceptors (Lipinski definition) is 3. The first-order chi connectivity index (χ1) is 8.51. The van der Waals surface area contributed by atoms with E-state index in [0.29, 0.717) is 13.0 Å². The van der Waals surface area contributed by atoms with E-state index in [2.05, 4.69) is 5.32 Å². The highest BCUT2D eigenvalue weighted by Crippen LogP contribution is 2.27. The van der Waals surface area contributed by atoms with E-state index in [4.69, 9.17) is 5.73 Å². The summed E-state index contributed by atoms with van der Waals surface area (Å²) in [6.07, 6.45) is 5.18. The molecule has 2 amide bonds. The zero-order chi connectivity index (χ0) is 13.2. The van der Waals surface area contributed by atoms with Gasteiger partial charge in [0.2, 0.25) is 11.8 Å². The topological polar surface area (TPSA) is 75.4 Å². The molecule has 0 bridgehead atoms. The first kappa shape index (κ1) is 13.3. The first-order valence-electron chi connectivity index (χ1n) is 6.89. The van der Waals surface area contributed by atoms with Crippen molar-refractivity contribution in [1.29, 1.82) is 0 Å². The van der Waals surface area contributed by atoms with E-state index in [1.54, 1.807) is 0 Å². The Balaban J connectivity index is 1.81. The molecule has 3 N–H and O–H groups in total. The highest BCUT2D eigenvalue weighted by molar-refractivity contribution is 5.86. The molecule has 1 aliphatic carbocycles. The maximum Gasteiger partial charge on any atom is 0.240 e. The third-order valence-corrected chi connectivity index (χ3v) is 3.99. The third kappa shape index (κ3) is 2.83. The monoisotopic (exact) mass is 253 g/mol. The summed E-state index contributed by atoms with van der Waals surface area (Å²) >= 11 is 0. The number of likely N-dealkylation sites (tertiary alicyclic amines) is 1. The predicted octanol–water partition coefficient (Wildman–Crippen LogP) is 0.385. The predicted molar refractivity (Wildman–Crippen MR) is 68.8 cm³/mol. The van der Waals surface area contributed by atoms with Gasteiger partial charge in [-0.2, -0.15) is 0 Å². The van der Waals surface area contributed by atoms with Gasteiger partial charge < -0.3 is 16.0 Å². The summed E-state index contributed by atoms with van der Waals surface area (Å²) in [4.78, 5) is 25.4. The van der Waals surface area contributed by atoms with Gasteiger partial charge in [0.05, 0.1) is 5.54 Å². The summed E-state index contributed by atoms with van der Waals surface area (Å²) < 4.78 is 0. The van der Waals surface area contributed by atoms with Gasteiger partial charge in [0.1, 0.15) is 0 Å². The lowest BCUT2D eigenvalue weighted by atomic mass is 9.98. The number of rotatable bonds is 4. The summed E-state index contributed by atoms with van der Waals surface area (Å²) in [5.41, 5.74) is 5.42. The normalized spacial score (nSPS) is 24.3. The van der Waals surface area contributed by atoms with Crippen LogP contribution in [-0.2, 0) is 9.59 Å². The Morgan fingerprint density at radius 3 is 2.67 bits per heavy atom.